The molecule has 5 atom stereocenters. The zero-order chi connectivity index (χ0) is 24.5. The van der Waals surface area contributed by atoms with E-state index in [2.05, 4.69) is 0 Å². The first-order valence-corrected chi connectivity index (χ1v) is 11.0. The molecule has 2 aromatic rings. The van der Waals surface area contributed by atoms with Crippen molar-refractivity contribution in [2.45, 2.75) is 43.9 Å². The minimum Gasteiger partial charge on any atom is -0.495 e. The van der Waals surface area contributed by atoms with Crippen molar-refractivity contribution in [3.63, 3.8) is 0 Å². The first kappa shape index (κ1) is 27.3. The second-order valence-corrected chi connectivity index (χ2v) is 7.91. The summed E-state index contributed by atoms with van der Waals surface area (Å²) in [7, 11) is 4.14. The van der Waals surface area contributed by atoms with E-state index in [0.717, 1.165) is 16.9 Å². The summed E-state index contributed by atoms with van der Waals surface area (Å²) in [5.41, 5.74) is 2.21. The molecule has 0 bridgehead atoms. The van der Waals surface area contributed by atoms with Crippen LogP contribution in [-0.2, 0) is 15.9 Å². The van der Waals surface area contributed by atoms with Crippen molar-refractivity contribution in [1.29, 1.82) is 0 Å². The highest BCUT2D eigenvalue weighted by Crippen LogP contribution is 2.36. The molecule has 9 heteroatoms. The maximum absolute atomic E-state index is 10.8. The monoisotopic (exact) mass is 484 g/mol. The zero-order valence-electron chi connectivity index (χ0n) is 19.3. The van der Waals surface area contributed by atoms with Crippen molar-refractivity contribution in [2.24, 2.45) is 0 Å². The molecule has 0 spiro atoms. The van der Waals surface area contributed by atoms with Crippen LogP contribution in [0.5, 0.6) is 11.5 Å². The number of aliphatic hydroxyl groups excluding tert-OH is 4. The van der Waals surface area contributed by atoms with Crippen LogP contribution in [0.15, 0.2) is 36.4 Å². The summed E-state index contributed by atoms with van der Waals surface area (Å²) in [5.74, 6) is 1.15. The van der Waals surface area contributed by atoms with Crippen molar-refractivity contribution in [1.82, 2.24) is 0 Å². The van der Waals surface area contributed by atoms with Crippen LogP contribution in [0, 0.1) is 0 Å². The highest BCUT2D eigenvalue weighted by molar-refractivity contribution is 6.32. The SMILES string of the molecule is CCOc1ccc(Cc2cc(C(OC)[C@H](O)[C@@H](O)[C@H](O)[C@@H](CO)OC)cc(OC)c2Cl)cc1. The predicted molar refractivity (Wildman–Crippen MR) is 124 cm³/mol. The highest BCUT2D eigenvalue weighted by atomic mass is 35.5. The molecule has 0 saturated heterocycles. The lowest BCUT2D eigenvalue weighted by molar-refractivity contribution is -0.153. The first-order chi connectivity index (χ1) is 15.8. The second kappa shape index (κ2) is 13.1. The second-order valence-electron chi connectivity index (χ2n) is 7.53. The van der Waals surface area contributed by atoms with Crippen molar-refractivity contribution in [3.05, 3.63) is 58.1 Å². The molecule has 0 amide bonds. The van der Waals surface area contributed by atoms with Gasteiger partial charge in [-0.25, -0.2) is 0 Å². The Kier molecular flexibility index (Phi) is 10.9. The molecule has 0 aliphatic rings. The number of benzene rings is 2. The van der Waals surface area contributed by atoms with E-state index < -0.39 is 37.1 Å². The Morgan fingerprint density at radius 2 is 1.58 bits per heavy atom. The maximum atomic E-state index is 10.8. The summed E-state index contributed by atoms with van der Waals surface area (Å²) in [5, 5.41) is 41.3. The third-order valence-corrected chi connectivity index (χ3v) is 5.87. The van der Waals surface area contributed by atoms with E-state index in [1.165, 1.54) is 21.3 Å². The Morgan fingerprint density at radius 1 is 0.909 bits per heavy atom. The van der Waals surface area contributed by atoms with Gasteiger partial charge in [0.2, 0.25) is 0 Å². The Balaban J connectivity index is 2.35. The number of hydrogen-bond donors (Lipinski definition) is 4. The summed E-state index contributed by atoms with van der Waals surface area (Å²) in [6.07, 6.45) is -6.33. The molecule has 4 N–H and O–H groups in total. The summed E-state index contributed by atoms with van der Waals surface area (Å²) in [6.45, 7) is 1.97. The van der Waals surface area contributed by atoms with E-state index in [9.17, 15) is 20.4 Å². The van der Waals surface area contributed by atoms with Crippen LogP contribution in [0.2, 0.25) is 5.02 Å². The van der Waals surface area contributed by atoms with Gasteiger partial charge in [0, 0.05) is 14.2 Å². The van der Waals surface area contributed by atoms with Gasteiger partial charge < -0.3 is 39.4 Å². The van der Waals surface area contributed by atoms with Gasteiger partial charge in [0.15, 0.2) is 0 Å². The van der Waals surface area contributed by atoms with Gasteiger partial charge in [-0.05, 0) is 48.2 Å². The first-order valence-electron chi connectivity index (χ1n) is 10.6. The molecule has 0 heterocycles. The Labute approximate surface area is 199 Å². The molecule has 0 fully saturated rings. The van der Waals surface area contributed by atoms with Crippen LogP contribution in [0.25, 0.3) is 0 Å². The number of ether oxygens (including phenoxy) is 4. The van der Waals surface area contributed by atoms with Crippen LogP contribution >= 0.6 is 11.6 Å². The molecule has 184 valence electrons. The van der Waals surface area contributed by atoms with Crippen molar-refractivity contribution < 1.29 is 39.4 Å². The number of halogens is 1. The average Bonchev–Trinajstić information content (AvgIpc) is 2.82. The summed E-state index contributed by atoms with van der Waals surface area (Å²) in [6, 6.07) is 11.0. The summed E-state index contributed by atoms with van der Waals surface area (Å²) < 4.78 is 21.3. The molecule has 0 aliphatic carbocycles. The van der Waals surface area contributed by atoms with E-state index >= 15 is 0 Å². The molecule has 8 nitrogen and oxygen atoms in total. The molecule has 2 aromatic carbocycles. The van der Waals surface area contributed by atoms with E-state index in [-0.39, 0.29) is 0 Å². The lowest BCUT2D eigenvalue weighted by Crippen LogP contribution is -2.48. The van der Waals surface area contributed by atoms with E-state index in [4.69, 9.17) is 30.5 Å². The van der Waals surface area contributed by atoms with Crippen LogP contribution in [0.1, 0.15) is 29.7 Å². The number of methoxy groups -OCH3 is 3. The molecule has 2 rings (SSSR count). The lowest BCUT2D eigenvalue weighted by Gasteiger charge is -2.32. The van der Waals surface area contributed by atoms with Crippen LogP contribution in [-0.4, -0.2) is 79.4 Å². The predicted octanol–water partition coefficient (Wildman–Crippen LogP) is 2.12. The fourth-order valence-electron chi connectivity index (χ4n) is 3.61. The van der Waals surface area contributed by atoms with E-state index in [1.807, 2.05) is 31.2 Å². The smallest absolute Gasteiger partial charge is 0.138 e. The third-order valence-electron chi connectivity index (χ3n) is 5.44. The van der Waals surface area contributed by atoms with Crippen LogP contribution in [0.4, 0.5) is 0 Å². The Bertz CT molecular complexity index is 856. The van der Waals surface area contributed by atoms with Gasteiger partial charge in [-0.2, -0.15) is 0 Å². The largest absolute Gasteiger partial charge is 0.495 e. The van der Waals surface area contributed by atoms with Gasteiger partial charge in [-0.3, -0.25) is 0 Å². The standard InChI is InChI=1S/C24H33ClO8/c1-5-33-17-8-6-14(7-9-17)10-15-11-16(12-18(30-2)20(15)25)24(32-4)23(29)22(28)21(27)19(13-26)31-3/h6-9,11-12,19,21-24,26-29H,5,10,13H2,1-4H3/t19-,21-,22+,23-,24?/m1/s1. The van der Waals surface area contributed by atoms with Gasteiger partial charge in [-0.1, -0.05) is 29.8 Å². The fraction of sp³-hybridized carbons (Fsp3) is 0.500. The molecule has 0 saturated carbocycles. The molecular formula is C24H33ClO8. The average molecular weight is 485 g/mol. The third kappa shape index (κ3) is 6.80. The molecular weight excluding hydrogens is 452 g/mol. The molecule has 1 unspecified atom stereocenters. The minimum atomic E-state index is -1.65. The number of aliphatic hydroxyl groups is 4. The van der Waals surface area contributed by atoms with Gasteiger partial charge in [0.1, 0.15) is 42.0 Å². The van der Waals surface area contributed by atoms with Crippen molar-refractivity contribution in [3.8, 4) is 11.5 Å². The molecule has 0 radical (unpaired) electrons. The fourth-order valence-corrected chi connectivity index (χ4v) is 3.86. The topological polar surface area (TPSA) is 118 Å². The molecule has 0 aromatic heterocycles. The molecule has 0 aliphatic heterocycles. The van der Waals surface area contributed by atoms with Crippen molar-refractivity contribution >= 4 is 11.6 Å². The number of rotatable bonds is 13. The summed E-state index contributed by atoms with van der Waals surface area (Å²) >= 11 is 6.54. The van der Waals surface area contributed by atoms with E-state index in [0.29, 0.717) is 29.4 Å². The Morgan fingerprint density at radius 3 is 2.09 bits per heavy atom. The maximum Gasteiger partial charge on any atom is 0.138 e. The quantitative estimate of drug-likeness (QED) is 0.341. The minimum absolute atomic E-state index is 0.379. The normalized spacial score (nSPS) is 16.0. The van der Waals surface area contributed by atoms with E-state index in [1.54, 1.807) is 12.1 Å². The summed E-state index contributed by atoms with van der Waals surface area (Å²) in [4.78, 5) is 0. The zero-order valence-corrected chi connectivity index (χ0v) is 20.0. The van der Waals surface area contributed by atoms with Gasteiger partial charge >= 0.3 is 0 Å². The lowest BCUT2D eigenvalue weighted by atomic mass is 9.92. The Hall–Kier alpha value is -1.91. The highest BCUT2D eigenvalue weighted by Gasteiger charge is 2.37. The molecule has 33 heavy (non-hydrogen) atoms. The number of hydrogen-bond acceptors (Lipinski definition) is 8. The van der Waals surface area contributed by atoms with Gasteiger partial charge in [0.05, 0.1) is 25.3 Å². The van der Waals surface area contributed by atoms with Crippen molar-refractivity contribution in [2.75, 3.05) is 34.5 Å². The van der Waals surface area contributed by atoms with Gasteiger partial charge in [0.25, 0.3) is 0 Å². The van der Waals surface area contributed by atoms with Crippen LogP contribution < -0.4 is 9.47 Å². The van der Waals surface area contributed by atoms with Gasteiger partial charge in [-0.15, -0.1) is 0 Å². The van der Waals surface area contributed by atoms with Crippen LogP contribution in [0.3, 0.4) is 0 Å².